The second-order valence-electron chi connectivity index (χ2n) is 3.74. The number of benzene rings is 1. The first-order valence-electron chi connectivity index (χ1n) is 5.44. The number of thiophene rings is 1. The first-order valence-corrected chi connectivity index (χ1v) is 7.49. The highest BCUT2D eigenvalue weighted by atomic mass is 79.9. The summed E-state index contributed by atoms with van der Waals surface area (Å²) in [5, 5.41) is 6.23. The molecular weight excluding hydrogens is 318 g/mol. The summed E-state index contributed by atoms with van der Waals surface area (Å²) in [5.41, 5.74) is 2.52. The van der Waals surface area contributed by atoms with E-state index in [-0.39, 0.29) is 0 Å². The highest BCUT2D eigenvalue weighted by Crippen LogP contribution is 2.24. The van der Waals surface area contributed by atoms with Crippen molar-refractivity contribution in [3.8, 4) is 0 Å². The summed E-state index contributed by atoms with van der Waals surface area (Å²) < 4.78 is 1.12. The zero-order valence-corrected chi connectivity index (χ0v) is 12.6. The van der Waals surface area contributed by atoms with Gasteiger partial charge in [-0.25, -0.2) is 0 Å². The van der Waals surface area contributed by atoms with E-state index >= 15 is 0 Å². The summed E-state index contributed by atoms with van der Waals surface area (Å²) in [6.45, 7) is 2.99. The maximum atomic E-state index is 5.90. The third-order valence-corrected chi connectivity index (χ3v) is 4.30. The van der Waals surface area contributed by atoms with Gasteiger partial charge in [-0.3, -0.25) is 0 Å². The standard InChI is InChI=1S/C13H13BrClNS/c1-2-9-5-10(14)3-4-13(9)16-7-12-6-11(15)8-17-12/h3-6,8,16H,2,7H2,1H3. The lowest BCUT2D eigenvalue weighted by molar-refractivity contribution is 1.10. The van der Waals surface area contributed by atoms with Crippen LogP contribution in [0.25, 0.3) is 0 Å². The van der Waals surface area contributed by atoms with E-state index < -0.39 is 0 Å². The molecule has 0 aliphatic carbocycles. The Labute approximate surface area is 119 Å². The van der Waals surface area contributed by atoms with E-state index in [0.29, 0.717) is 0 Å². The van der Waals surface area contributed by atoms with E-state index in [1.165, 1.54) is 16.1 Å². The fourth-order valence-corrected chi connectivity index (χ4v) is 3.08. The van der Waals surface area contributed by atoms with Gasteiger partial charge in [0.2, 0.25) is 0 Å². The molecule has 0 aliphatic heterocycles. The van der Waals surface area contributed by atoms with Crippen LogP contribution in [0.15, 0.2) is 34.1 Å². The Morgan fingerprint density at radius 2 is 2.18 bits per heavy atom. The Kier molecular flexibility index (Phi) is 4.48. The van der Waals surface area contributed by atoms with Crippen molar-refractivity contribution in [1.29, 1.82) is 0 Å². The van der Waals surface area contributed by atoms with Gasteiger partial charge < -0.3 is 5.32 Å². The van der Waals surface area contributed by atoms with Crippen LogP contribution in [0.4, 0.5) is 5.69 Å². The van der Waals surface area contributed by atoms with E-state index in [4.69, 9.17) is 11.6 Å². The van der Waals surface area contributed by atoms with Crippen LogP contribution in [0.5, 0.6) is 0 Å². The number of anilines is 1. The number of hydrogen-bond donors (Lipinski definition) is 1. The molecule has 0 bridgehead atoms. The topological polar surface area (TPSA) is 12.0 Å². The molecular formula is C13H13BrClNS. The molecule has 4 heteroatoms. The number of halogens is 2. The molecule has 0 radical (unpaired) electrons. The maximum Gasteiger partial charge on any atom is 0.0516 e. The second kappa shape index (κ2) is 5.89. The van der Waals surface area contributed by atoms with Crippen molar-refractivity contribution in [3.63, 3.8) is 0 Å². The Hall–Kier alpha value is -0.510. The molecule has 1 heterocycles. The zero-order chi connectivity index (χ0) is 12.3. The van der Waals surface area contributed by atoms with E-state index in [2.05, 4.69) is 46.4 Å². The lowest BCUT2D eigenvalue weighted by Crippen LogP contribution is -2.00. The number of hydrogen-bond acceptors (Lipinski definition) is 2. The highest BCUT2D eigenvalue weighted by molar-refractivity contribution is 9.10. The van der Waals surface area contributed by atoms with Gasteiger partial charge in [-0.2, -0.15) is 0 Å². The first kappa shape index (κ1) is 12.9. The van der Waals surface area contributed by atoms with Crippen LogP contribution in [0.3, 0.4) is 0 Å². The Balaban J connectivity index is 2.08. The molecule has 0 unspecified atom stereocenters. The highest BCUT2D eigenvalue weighted by Gasteiger charge is 2.02. The third-order valence-electron chi connectivity index (χ3n) is 2.52. The summed E-state index contributed by atoms with van der Waals surface area (Å²) in [5.74, 6) is 0. The minimum atomic E-state index is 0.818. The maximum absolute atomic E-state index is 5.90. The number of nitrogens with one attached hydrogen (secondary N) is 1. The predicted molar refractivity (Wildman–Crippen MR) is 80.2 cm³/mol. The van der Waals surface area contributed by atoms with Gasteiger partial charge in [0.15, 0.2) is 0 Å². The van der Waals surface area contributed by atoms with Crippen molar-refractivity contribution < 1.29 is 0 Å². The zero-order valence-electron chi connectivity index (χ0n) is 9.47. The molecule has 2 rings (SSSR count). The molecule has 0 saturated heterocycles. The van der Waals surface area contributed by atoms with E-state index in [0.717, 1.165) is 22.5 Å². The second-order valence-corrected chi connectivity index (χ2v) is 6.09. The van der Waals surface area contributed by atoms with Crippen LogP contribution in [0.1, 0.15) is 17.4 Å². The van der Waals surface area contributed by atoms with E-state index in [1.54, 1.807) is 11.3 Å². The van der Waals surface area contributed by atoms with Crippen LogP contribution >= 0.6 is 38.9 Å². The van der Waals surface area contributed by atoms with Crippen LogP contribution in [0, 0.1) is 0 Å². The predicted octanol–water partition coefficient (Wildman–Crippen LogP) is 5.34. The lowest BCUT2D eigenvalue weighted by Gasteiger charge is -2.10. The van der Waals surface area contributed by atoms with Crippen molar-refractivity contribution >= 4 is 44.6 Å². The van der Waals surface area contributed by atoms with Gasteiger partial charge in [-0.1, -0.05) is 34.5 Å². The Bertz CT molecular complexity index is 510. The molecule has 0 spiro atoms. The van der Waals surface area contributed by atoms with Crippen molar-refractivity contribution in [3.05, 3.63) is 49.6 Å². The number of aryl methyl sites for hydroxylation is 1. The van der Waals surface area contributed by atoms with Gasteiger partial charge in [-0.15, -0.1) is 11.3 Å². The molecule has 90 valence electrons. The molecule has 0 saturated carbocycles. The smallest absolute Gasteiger partial charge is 0.0516 e. The normalized spacial score (nSPS) is 10.5. The van der Waals surface area contributed by atoms with Gasteiger partial charge in [0.25, 0.3) is 0 Å². The lowest BCUT2D eigenvalue weighted by atomic mass is 10.1. The molecule has 0 fully saturated rings. The van der Waals surface area contributed by atoms with Crippen LogP contribution in [-0.4, -0.2) is 0 Å². The van der Waals surface area contributed by atoms with Gasteiger partial charge in [0.1, 0.15) is 0 Å². The van der Waals surface area contributed by atoms with Gasteiger partial charge in [0, 0.05) is 27.0 Å². The van der Waals surface area contributed by atoms with Gasteiger partial charge >= 0.3 is 0 Å². The fourth-order valence-electron chi connectivity index (χ4n) is 1.66. The quantitative estimate of drug-likeness (QED) is 0.798. The molecule has 1 aromatic carbocycles. The summed E-state index contributed by atoms with van der Waals surface area (Å²) in [4.78, 5) is 1.25. The van der Waals surface area contributed by atoms with Gasteiger partial charge in [0.05, 0.1) is 5.02 Å². The van der Waals surface area contributed by atoms with Crippen molar-refractivity contribution in [1.82, 2.24) is 0 Å². The largest absolute Gasteiger partial charge is 0.380 e. The SMILES string of the molecule is CCc1cc(Br)ccc1NCc1cc(Cl)cs1. The summed E-state index contributed by atoms with van der Waals surface area (Å²) in [6, 6.07) is 8.33. The minimum absolute atomic E-state index is 0.818. The van der Waals surface area contributed by atoms with Crippen LogP contribution < -0.4 is 5.32 Å². The molecule has 0 aliphatic rings. The van der Waals surface area contributed by atoms with E-state index in [9.17, 15) is 0 Å². The average molecular weight is 331 g/mol. The summed E-state index contributed by atoms with van der Waals surface area (Å²) >= 11 is 11.1. The van der Waals surface area contributed by atoms with Crippen LogP contribution in [0.2, 0.25) is 5.02 Å². The van der Waals surface area contributed by atoms with Gasteiger partial charge in [-0.05, 0) is 36.2 Å². The molecule has 1 N–H and O–H groups in total. The molecule has 1 aromatic heterocycles. The van der Waals surface area contributed by atoms with Crippen LogP contribution in [-0.2, 0) is 13.0 Å². The molecule has 2 aromatic rings. The molecule has 0 amide bonds. The summed E-state index contributed by atoms with van der Waals surface area (Å²) in [6.07, 6.45) is 1.02. The molecule has 17 heavy (non-hydrogen) atoms. The summed E-state index contributed by atoms with van der Waals surface area (Å²) in [7, 11) is 0. The minimum Gasteiger partial charge on any atom is -0.380 e. The van der Waals surface area contributed by atoms with Crippen molar-refractivity contribution in [2.75, 3.05) is 5.32 Å². The Morgan fingerprint density at radius 1 is 1.35 bits per heavy atom. The first-order chi connectivity index (χ1) is 8.19. The Morgan fingerprint density at radius 3 is 2.82 bits per heavy atom. The fraction of sp³-hybridized carbons (Fsp3) is 0.231. The molecule has 1 nitrogen and oxygen atoms in total. The third kappa shape index (κ3) is 3.47. The molecule has 0 atom stereocenters. The van der Waals surface area contributed by atoms with Crippen molar-refractivity contribution in [2.24, 2.45) is 0 Å². The number of rotatable bonds is 4. The van der Waals surface area contributed by atoms with Crippen molar-refractivity contribution in [2.45, 2.75) is 19.9 Å². The van der Waals surface area contributed by atoms with E-state index in [1.807, 2.05) is 11.4 Å². The average Bonchev–Trinajstić information content (AvgIpc) is 2.73. The monoisotopic (exact) mass is 329 g/mol.